The summed E-state index contributed by atoms with van der Waals surface area (Å²) in [5, 5.41) is 35.1. The molecule has 33 nitrogen and oxygen atoms in total. The Hall–Kier alpha value is -11.1. The number of carbonyl (C=O) groups excluding carboxylic acids is 10. The highest BCUT2D eigenvalue weighted by atomic mass is 16.4. The molecule has 0 atom stereocenters. The molecule has 84 heavy (non-hydrogen) atoms. The second-order valence-electron chi connectivity index (χ2n) is 19.0. The molecule has 33 heteroatoms. The van der Waals surface area contributed by atoms with Crippen molar-refractivity contribution in [3.63, 3.8) is 0 Å². The van der Waals surface area contributed by atoms with E-state index in [1.54, 1.807) is 59.2 Å². The Morgan fingerprint density at radius 1 is 0.381 bits per heavy atom. The Labute approximate surface area is 477 Å². The summed E-state index contributed by atoms with van der Waals surface area (Å²) in [4.78, 5) is 156. The fourth-order valence-electron chi connectivity index (χ4n) is 8.21. The summed E-state index contributed by atoms with van der Waals surface area (Å²) >= 11 is 0. The zero-order chi connectivity index (χ0) is 60.9. The minimum atomic E-state index is -1.08. The number of nitrogens with zero attached hydrogens (tertiary/aromatic N) is 11. The lowest BCUT2D eigenvalue weighted by Crippen LogP contribution is -2.29. The summed E-state index contributed by atoms with van der Waals surface area (Å²) in [7, 11) is 11.1. The summed E-state index contributed by atoms with van der Waals surface area (Å²) in [5.41, 5.74) is 1.51. The molecular formula is C51H61N21O12. The van der Waals surface area contributed by atoms with E-state index in [1.165, 1.54) is 89.8 Å². The van der Waals surface area contributed by atoms with E-state index in [4.69, 9.17) is 5.11 Å². The van der Waals surface area contributed by atoms with Gasteiger partial charge in [0, 0.05) is 144 Å². The van der Waals surface area contributed by atoms with Gasteiger partial charge in [0.05, 0.1) is 23.5 Å². The summed E-state index contributed by atoms with van der Waals surface area (Å²) in [5.74, 6) is -6.09. The molecule has 7 heterocycles. The van der Waals surface area contributed by atoms with Crippen molar-refractivity contribution in [2.45, 2.75) is 32.1 Å². The third-order valence-corrected chi connectivity index (χ3v) is 12.3. The van der Waals surface area contributed by atoms with Crippen molar-refractivity contribution in [3.8, 4) is 0 Å². The molecule has 0 aromatic carbocycles. The molecule has 0 aliphatic carbocycles. The van der Waals surface area contributed by atoms with Gasteiger partial charge in [-0.05, 0) is 24.6 Å². The predicted molar refractivity (Wildman–Crippen MR) is 299 cm³/mol. The monoisotopic (exact) mass is 1160 g/mol. The number of aliphatic carboxylic acids is 1. The number of anilines is 6. The predicted octanol–water partition coefficient (Wildman–Crippen LogP) is 0.263. The number of rotatable bonds is 26. The Balaban J connectivity index is 0.785. The first-order valence-electron chi connectivity index (χ1n) is 25.7. The molecule has 0 bridgehead atoms. The molecule has 7 rings (SSSR count). The molecule has 0 aliphatic heterocycles. The van der Waals surface area contributed by atoms with Crippen molar-refractivity contribution in [1.29, 1.82) is 0 Å². The second kappa shape index (κ2) is 26.9. The Bertz CT molecular complexity index is 3700. The van der Waals surface area contributed by atoms with Gasteiger partial charge in [0.2, 0.25) is 35.2 Å². The van der Waals surface area contributed by atoms with Gasteiger partial charge in [-0.1, -0.05) is 0 Å². The van der Waals surface area contributed by atoms with Gasteiger partial charge in [0.15, 0.2) is 23.3 Å². The van der Waals surface area contributed by atoms with Crippen molar-refractivity contribution >= 4 is 99.6 Å². The number of imidazole rings is 4. The minimum Gasteiger partial charge on any atom is -0.481 e. The van der Waals surface area contributed by atoms with Crippen LogP contribution in [0.5, 0.6) is 0 Å². The highest BCUT2D eigenvalue weighted by Crippen LogP contribution is 2.19. The normalized spacial score (nSPS) is 10.8. The van der Waals surface area contributed by atoms with Gasteiger partial charge in [0.25, 0.3) is 41.4 Å². The van der Waals surface area contributed by atoms with E-state index < -0.39 is 65.0 Å². The van der Waals surface area contributed by atoms with Crippen molar-refractivity contribution in [1.82, 2.24) is 73.2 Å². The maximum atomic E-state index is 13.3. The molecular weight excluding hydrogens is 1100 g/mol. The van der Waals surface area contributed by atoms with Crippen LogP contribution < -0.4 is 53.2 Å². The van der Waals surface area contributed by atoms with Crippen LogP contribution in [0.1, 0.15) is 106 Å². The summed E-state index contributed by atoms with van der Waals surface area (Å²) in [6, 6.07) is 4.37. The number of nitrogens with one attached hydrogen (secondary N) is 10. The van der Waals surface area contributed by atoms with Crippen molar-refractivity contribution < 1.29 is 57.8 Å². The summed E-state index contributed by atoms with van der Waals surface area (Å²) in [6.45, 7) is -0.0980. The van der Waals surface area contributed by atoms with Gasteiger partial charge >= 0.3 is 5.97 Å². The Morgan fingerprint density at radius 3 is 1.11 bits per heavy atom. The molecule has 0 unspecified atom stereocenters. The van der Waals surface area contributed by atoms with Crippen molar-refractivity contribution in [2.75, 3.05) is 58.1 Å². The number of carboxylic acids is 1. The Morgan fingerprint density at radius 2 is 0.726 bits per heavy atom. The van der Waals surface area contributed by atoms with E-state index >= 15 is 0 Å². The number of carbonyl (C=O) groups is 11. The zero-order valence-corrected chi connectivity index (χ0v) is 46.6. The molecule has 0 aliphatic rings. The zero-order valence-electron chi connectivity index (χ0n) is 46.6. The van der Waals surface area contributed by atoms with Crippen LogP contribution in [0.15, 0.2) is 67.8 Å². The highest BCUT2D eigenvalue weighted by Gasteiger charge is 2.23. The van der Waals surface area contributed by atoms with Crippen LogP contribution in [-0.4, -0.2) is 148 Å². The Kier molecular flexibility index (Phi) is 19.4. The van der Waals surface area contributed by atoms with E-state index in [-0.39, 0.29) is 127 Å². The van der Waals surface area contributed by atoms with Gasteiger partial charge in [-0.25, -0.2) is 19.9 Å². The molecule has 0 fully saturated rings. The lowest BCUT2D eigenvalue weighted by atomic mass is 10.3. The van der Waals surface area contributed by atoms with Gasteiger partial charge in [-0.15, -0.1) is 0 Å². The number of hydrogen-bond acceptors (Lipinski definition) is 15. The van der Waals surface area contributed by atoms with E-state index in [9.17, 15) is 52.7 Å². The standard InChI is InChI=1S/C51H61N21O12/c1-66-18-17-52-41(66)49(82)57-28-19-32(68(3)22-28)46(79)54-15-11-39(75)62-36-27-72(7)44(65-36)51(84)58-29-20-31(67(2)23-29)45(78)53-13-8-9-37(73)60-34-26-71(6)43(64-34)50(83)59-30-21-33(69(4)24-30)47(80)55-14-10-38(74)61-35-25-70(5)42(63-35)48(81)56-16-12-40(76)77/h17-27H,8-16H2,1-7H3,(H,53,78)(H,54,79)(H,55,80)(H,56,81)(H,57,82)(H,58,84)(H,59,83)(H,60,73)(H,61,74)(H,62,75)(H,76,77). The smallest absolute Gasteiger partial charge is 0.305 e. The van der Waals surface area contributed by atoms with Gasteiger partial charge < -0.3 is 90.2 Å². The van der Waals surface area contributed by atoms with E-state index in [1.807, 2.05) is 0 Å². The molecule has 442 valence electrons. The average molecular weight is 1160 g/mol. The summed E-state index contributed by atoms with van der Waals surface area (Å²) < 4.78 is 10.2. The van der Waals surface area contributed by atoms with Crippen molar-refractivity contribution in [2.24, 2.45) is 49.3 Å². The maximum Gasteiger partial charge on any atom is 0.305 e. The number of amides is 10. The van der Waals surface area contributed by atoms with Crippen molar-refractivity contribution in [3.05, 3.63) is 108 Å². The fourth-order valence-corrected chi connectivity index (χ4v) is 8.21. The van der Waals surface area contributed by atoms with Crippen LogP contribution in [0.3, 0.4) is 0 Å². The lowest BCUT2D eigenvalue weighted by Gasteiger charge is -2.06. The second-order valence-corrected chi connectivity index (χ2v) is 19.0. The van der Waals surface area contributed by atoms with E-state index in [2.05, 4.69) is 73.1 Å². The summed E-state index contributed by atoms with van der Waals surface area (Å²) in [6.07, 6.45) is 11.6. The first kappa shape index (κ1) is 60.5. The van der Waals surface area contributed by atoms with Crippen LogP contribution >= 0.6 is 0 Å². The van der Waals surface area contributed by atoms with Gasteiger partial charge in [-0.3, -0.25) is 52.7 Å². The largest absolute Gasteiger partial charge is 0.481 e. The third kappa shape index (κ3) is 15.8. The number of carboxylic acid groups (broad SMARTS) is 1. The molecule has 0 spiro atoms. The van der Waals surface area contributed by atoms with E-state index in [0.717, 1.165) is 0 Å². The fraction of sp³-hybridized carbons (Fsp3) is 0.314. The first-order chi connectivity index (χ1) is 39.9. The first-order valence-corrected chi connectivity index (χ1v) is 25.7. The SMILES string of the molecule is Cn1cc(NC(=O)c2nc(NC(=O)CCNC(=O)c3cc(NC(=O)c4nccn4C)cn3C)cn2C)cc1C(=O)NCCCC(=O)Nc1cn(C)c(C(=O)Nc2cc(C(=O)NCCC(=O)Nc3cn(C)c(C(=O)NCCC(=O)O)n3)n(C)c2)n1. The third-order valence-electron chi connectivity index (χ3n) is 12.3. The van der Waals surface area contributed by atoms with E-state index in [0.29, 0.717) is 5.69 Å². The van der Waals surface area contributed by atoms with Crippen LogP contribution in [0.2, 0.25) is 0 Å². The van der Waals surface area contributed by atoms with Crippen LogP contribution in [0.4, 0.5) is 34.5 Å². The molecule has 0 radical (unpaired) electrons. The molecule has 7 aromatic heterocycles. The lowest BCUT2D eigenvalue weighted by molar-refractivity contribution is -0.136. The molecule has 11 N–H and O–H groups in total. The topological polar surface area (TPSA) is 414 Å². The number of aryl methyl sites for hydroxylation is 7. The molecule has 0 saturated carbocycles. The average Bonchev–Trinajstić information content (AvgIpc) is 4.43. The quantitative estimate of drug-likeness (QED) is 0.0324. The molecule has 0 saturated heterocycles. The number of aromatic nitrogens is 11. The van der Waals surface area contributed by atoms with Crippen LogP contribution in [0, 0.1) is 0 Å². The molecule has 10 amide bonds. The van der Waals surface area contributed by atoms with Crippen LogP contribution in [-0.2, 0) is 68.5 Å². The van der Waals surface area contributed by atoms with Gasteiger partial charge in [-0.2, -0.15) is 0 Å². The maximum absolute atomic E-state index is 13.3. The minimum absolute atomic E-state index is 0.0223. The van der Waals surface area contributed by atoms with Crippen LogP contribution in [0.25, 0.3) is 0 Å². The van der Waals surface area contributed by atoms with Gasteiger partial charge in [0.1, 0.15) is 17.1 Å². The number of hydrogen-bond donors (Lipinski definition) is 11. The molecule has 7 aromatic rings. The highest BCUT2D eigenvalue weighted by molar-refractivity contribution is 6.06.